The van der Waals surface area contributed by atoms with Crippen LogP contribution in [0.5, 0.6) is 0 Å². The molecule has 0 bridgehead atoms. The zero-order chi connectivity index (χ0) is 16.4. The summed E-state index contributed by atoms with van der Waals surface area (Å²) in [5.41, 5.74) is 2.61. The number of carbonyl (C=O) groups is 1. The topological polar surface area (TPSA) is 60.2 Å². The van der Waals surface area contributed by atoms with Gasteiger partial charge in [0.25, 0.3) is 0 Å². The summed E-state index contributed by atoms with van der Waals surface area (Å²) >= 11 is 0. The number of benzene rings is 1. The van der Waals surface area contributed by atoms with Crippen LogP contribution >= 0.6 is 0 Å². The molecule has 3 heterocycles. The second-order valence-electron chi connectivity index (χ2n) is 7.02. The molecule has 3 N–H and O–H groups in total. The van der Waals surface area contributed by atoms with Crippen LogP contribution in [-0.2, 0) is 0 Å². The number of likely N-dealkylation sites (tertiary alicyclic amines) is 1. The number of piperidine rings is 2. The minimum Gasteiger partial charge on any atom is -0.361 e. The first kappa shape index (κ1) is 15.5. The lowest BCUT2D eigenvalue weighted by Crippen LogP contribution is -2.50. The van der Waals surface area contributed by atoms with E-state index in [-0.39, 0.29) is 6.03 Å². The van der Waals surface area contributed by atoms with Crippen LogP contribution < -0.4 is 10.6 Å². The third-order valence-electron chi connectivity index (χ3n) is 5.51. The molecule has 0 spiro atoms. The van der Waals surface area contributed by atoms with Gasteiger partial charge in [-0.1, -0.05) is 18.2 Å². The molecule has 0 aliphatic carbocycles. The van der Waals surface area contributed by atoms with Crippen molar-refractivity contribution in [1.29, 1.82) is 0 Å². The van der Waals surface area contributed by atoms with Crippen molar-refractivity contribution >= 4 is 16.9 Å². The van der Waals surface area contributed by atoms with Crippen molar-refractivity contribution < 1.29 is 4.79 Å². The fraction of sp³-hybridized carbons (Fsp3) is 0.526. The first-order valence-electron chi connectivity index (χ1n) is 9.13. The predicted molar refractivity (Wildman–Crippen MR) is 96.3 cm³/mol. The number of carbonyl (C=O) groups excluding carboxylic acids is 1. The Hall–Kier alpha value is -2.01. The Morgan fingerprint density at radius 2 is 1.83 bits per heavy atom. The van der Waals surface area contributed by atoms with Crippen molar-refractivity contribution in [1.82, 2.24) is 20.5 Å². The van der Waals surface area contributed by atoms with Crippen molar-refractivity contribution in [3.8, 4) is 0 Å². The lowest BCUT2D eigenvalue weighted by atomic mass is 9.89. The third-order valence-corrected chi connectivity index (χ3v) is 5.51. The van der Waals surface area contributed by atoms with E-state index >= 15 is 0 Å². The van der Waals surface area contributed by atoms with Gasteiger partial charge in [-0.05, 0) is 56.3 Å². The van der Waals surface area contributed by atoms with Crippen molar-refractivity contribution in [2.24, 2.45) is 0 Å². The second-order valence-corrected chi connectivity index (χ2v) is 7.02. The number of urea groups is 1. The van der Waals surface area contributed by atoms with Crippen LogP contribution in [0.1, 0.15) is 37.2 Å². The van der Waals surface area contributed by atoms with Crippen molar-refractivity contribution in [3.63, 3.8) is 0 Å². The maximum absolute atomic E-state index is 12.5. The lowest BCUT2D eigenvalue weighted by molar-refractivity contribution is 0.175. The molecule has 0 radical (unpaired) electrons. The summed E-state index contributed by atoms with van der Waals surface area (Å²) in [6.07, 6.45) is 6.32. The minimum absolute atomic E-state index is 0.124. The summed E-state index contributed by atoms with van der Waals surface area (Å²) in [7, 11) is 0. The van der Waals surface area contributed by atoms with E-state index in [0.29, 0.717) is 12.0 Å². The van der Waals surface area contributed by atoms with Gasteiger partial charge in [0.15, 0.2) is 0 Å². The van der Waals surface area contributed by atoms with Crippen LogP contribution in [0.3, 0.4) is 0 Å². The van der Waals surface area contributed by atoms with E-state index < -0.39 is 0 Å². The number of fused-ring (bicyclic) bond motifs is 1. The number of aromatic amines is 1. The molecule has 2 amide bonds. The molecule has 5 nitrogen and oxygen atoms in total. The maximum Gasteiger partial charge on any atom is 0.317 e. The highest BCUT2D eigenvalue weighted by Gasteiger charge is 2.26. The highest BCUT2D eigenvalue weighted by Crippen LogP contribution is 2.33. The number of hydrogen-bond donors (Lipinski definition) is 3. The number of para-hydroxylation sites is 1. The minimum atomic E-state index is 0.124. The molecule has 0 atom stereocenters. The molecule has 2 aliphatic rings. The average Bonchev–Trinajstić information content (AvgIpc) is 3.07. The number of hydrogen-bond acceptors (Lipinski definition) is 2. The van der Waals surface area contributed by atoms with E-state index in [1.807, 2.05) is 4.90 Å². The quantitative estimate of drug-likeness (QED) is 0.795. The Morgan fingerprint density at radius 1 is 1.08 bits per heavy atom. The summed E-state index contributed by atoms with van der Waals surface area (Å²) in [5, 5.41) is 7.87. The van der Waals surface area contributed by atoms with Gasteiger partial charge in [0.1, 0.15) is 0 Å². The molecule has 2 fully saturated rings. The molecular weight excluding hydrogens is 300 g/mol. The predicted octanol–water partition coefficient (Wildman–Crippen LogP) is 2.81. The zero-order valence-electron chi connectivity index (χ0n) is 14.1. The van der Waals surface area contributed by atoms with Crippen LogP contribution in [0.4, 0.5) is 4.79 Å². The molecule has 1 aromatic carbocycles. The highest BCUT2D eigenvalue weighted by atomic mass is 16.2. The van der Waals surface area contributed by atoms with Gasteiger partial charge in [-0.15, -0.1) is 0 Å². The van der Waals surface area contributed by atoms with Crippen molar-refractivity contribution in [2.75, 3.05) is 26.2 Å². The van der Waals surface area contributed by atoms with Gasteiger partial charge < -0.3 is 20.5 Å². The summed E-state index contributed by atoms with van der Waals surface area (Å²) in [6, 6.07) is 8.94. The molecule has 2 aliphatic heterocycles. The molecule has 2 aromatic rings. The Bertz CT molecular complexity index is 696. The number of amides is 2. The SMILES string of the molecule is O=C(NC1CCNCC1)N1CCC(c2c[nH]c3ccccc23)CC1. The van der Waals surface area contributed by atoms with Crippen LogP contribution in [0.25, 0.3) is 10.9 Å². The largest absolute Gasteiger partial charge is 0.361 e. The number of aromatic nitrogens is 1. The molecule has 5 heteroatoms. The normalized spacial score (nSPS) is 20.4. The summed E-state index contributed by atoms with van der Waals surface area (Å²) < 4.78 is 0. The van der Waals surface area contributed by atoms with Crippen LogP contribution in [0.2, 0.25) is 0 Å². The molecule has 4 rings (SSSR count). The van der Waals surface area contributed by atoms with Crippen molar-refractivity contribution in [2.45, 2.75) is 37.6 Å². The van der Waals surface area contributed by atoms with Gasteiger partial charge in [0, 0.05) is 36.2 Å². The Kier molecular flexibility index (Phi) is 4.43. The molecule has 0 unspecified atom stereocenters. The van der Waals surface area contributed by atoms with Crippen molar-refractivity contribution in [3.05, 3.63) is 36.0 Å². The van der Waals surface area contributed by atoms with Gasteiger partial charge in [-0.3, -0.25) is 0 Å². The fourth-order valence-corrected chi connectivity index (χ4v) is 4.06. The number of rotatable bonds is 2. The smallest absolute Gasteiger partial charge is 0.317 e. The number of H-pyrrole nitrogens is 1. The van der Waals surface area contributed by atoms with Gasteiger partial charge in [0.2, 0.25) is 0 Å². The highest BCUT2D eigenvalue weighted by molar-refractivity contribution is 5.83. The molecular formula is C19H26N4O. The summed E-state index contributed by atoms with van der Waals surface area (Å²) in [4.78, 5) is 17.8. The van der Waals surface area contributed by atoms with Gasteiger partial charge in [0.05, 0.1) is 0 Å². The third kappa shape index (κ3) is 3.13. The zero-order valence-corrected chi connectivity index (χ0v) is 14.1. The molecule has 128 valence electrons. The first-order chi connectivity index (χ1) is 11.8. The molecule has 0 saturated carbocycles. The van der Waals surface area contributed by atoms with E-state index in [1.165, 1.54) is 16.5 Å². The van der Waals surface area contributed by atoms with Crippen LogP contribution in [0.15, 0.2) is 30.5 Å². The maximum atomic E-state index is 12.5. The van der Waals surface area contributed by atoms with Crippen LogP contribution in [-0.4, -0.2) is 48.1 Å². The number of nitrogens with zero attached hydrogens (tertiary/aromatic N) is 1. The van der Waals surface area contributed by atoms with E-state index in [2.05, 4.69) is 46.1 Å². The molecule has 24 heavy (non-hydrogen) atoms. The summed E-state index contributed by atoms with van der Waals surface area (Å²) in [5.74, 6) is 0.545. The second kappa shape index (κ2) is 6.85. The summed E-state index contributed by atoms with van der Waals surface area (Å²) in [6.45, 7) is 3.71. The van der Waals surface area contributed by atoms with Crippen LogP contribution in [0, 0.1) is 0 Å². The molecule has 1 aromatic heterocycles. The average molecular weight is 326 g/mol. The fourth-order valence-electron chi connectivity index (χ4n) is 4.06. The van der Waals surface area contributed by atoms with E-state index in [4.69, 9.17) is 0 Å². The Morgan fingerprint density at radius 3 is 2.62 bits per heavy atom. The first-order valence-corrected chi connectivity index (χ1v) is 9.13. The Labute approximate surface area is 142 Å². The standard InChI is InChI=1S/C19H26N4O/c24-19(22-15-5-9-20-10-6-15)23-11-7-14(8-12-23)17-13-21-18-4-2-1-3-16(17)18/h1-4,13-15,20-21H,5-12H2,(H,22,24). The van der Waals surface area contributed by atoms with Gasteiger partial charge in [-0.25, -0.2) is 4.79 Å². The van der Waals surface area contributed by atoms with E-state index in [0.717, 1.165) is 51.9 Å². The number of nitrogens with one attached hydrogen (secondary N) is 3. The van der Waals surface area contributed by atoms with E-state index in [9.17, 15) is 4.79 Å². The lowest BCUT2D eigenvalue weighted by Gasteiger charge is -2.34. The monoisotopic (exact) mass is 326 g/mol. The van der Waals surface area contributed by atoms with Gasteiger partial charge >= 0.3 is 6.03 Å². The van der Waals surface area contributed by atoms with E-state index in [1.54, 1.807) is 0 Å². The van der Waals surface area contributed by atoms with Gasteiger partial charge in [-0.2, -0.15) is 0 Å². The Balaban J connectivity index is 1.35. The molecule has 2 saturated heterocycles.